The number of hydrogen-bond acceptors (Lipinski definition) is 7. The van der Waals surface area contributed by atoms with E-state index in [0.717, 1.165) is 38.8 Å². The van der Waals surface area contributed by atoms with E-state index in [2.05, 4.69) is 5.32 Å². The Morgan fingerprint density at radius 2 is 1.64 bits per heavy atom. The number of carbonyl (C=O) groups excluding carboxylic acids is 3. The van der Waals surface area contributed by atoms with E-state index >= 15 is 0 Å². The first kappa shape index (κ1) is 28.1. The maximum absolute atomic E-state index is 14.0. The van der Waals surface area contributed by atoms with Gasteiger partial charge >= 0.3 is 4.87 Å². The van der Waals surface area contributed by atoms with Crippen LogP contribution in [0.15, 0.2) is 101 Å². The molecule has 3 atom stereocenters. The number of amides is 3. The van der Waals surface area contributed by atoms with Crippen molar-refractivity contribution >= 4 is 63.0 Å². The molecule has 7 rings (SSSR count). The van der Waals surface area contributed by atoms with E-state index in [1.54, 1.807) is 18.2 Å². The van der Waals surface area contributed by atoms with Gasteiger partial charge < -0.3 is 10.1 Å². The molecule has 0 bridgehead atoms. The van der Waals surface area contributed by atoms with Crippen LogP contribution in [0, 0.1) is 11.7 Å². The molecule has 2 aliphatic rings. The van der Waals surface area contributed by atoms with Gasteiger partial charge in [-0.2, -0.15) is 0 Å². The highest BCUT2D eigenvalue weighted by molar-refractivity contribution is 8.00. The molecule has 0 saturated carbocycles. The lowest BCUT2D eigenvalue weighted by Crippen LogP contribution is -2.33. The minimum Gasteiger partial charge on any atom is -0.496 e. The van der Waals surface area contributed by atoms with Crippen LogP contribution in [-0.2, 0) is 20.9 Å². The molecule has 0 radical (unpaired) electrons. The van der Waals surface area contributed by atoms with E-state index in [1.807, 2.05) is 48.5 Å². The molecule has 0 aliphatic carbocycles. The lowest BCUT2D eigenvalue weighted by molar-refractivity contribution is -0.122. The number of carbonyl (C=O) groups is 3. The van der Waals surface area contributed by atoms with E-state index in [4.69, 9.17) is 4.74 Å². The third-order valence-electron chi connectivity index (χ3n) is 7.97. The molecule has 44 heavy (non-hydrogen) atoms. The van der Waals surface area contributed by atoms with E-state index in [0.29, 0.717) is 26.9 Å². The van der Waals surface area contributed by atoms with Crippen LogP contribution in [0.1, 0.15) is 16.4 Å². The minimum absolute atomic E-state index is 0.269. The summed E-state index contributed by atoms with van der Waals surface area (Å²) < 4.78 is 20.7. The smallest absolute Gasteiger partial charge is 0.308 e. The van der Waals surface area contributed by atoms with Gasteiger partial charge in [0.05, 0.1) is 23.7 Å². The predicted octanol–water partition coefficient (Wildman–Crippen LogP) is 5.65. The second kappa shape index (κ2) is 11.1. The Morgan fingerprint density at radius 1 is 0.909 bits per heavy atom. The van der Waals surface area contributed by atoms with Crippen molar-refractivity contribution in [2.75, 3.05) is 17.3 Å². The van der Waals surface area contributed by atoms with E-state index in [-0.39, 0.29) is 17.1 Å². The van der Waals surface area contributed by atoms with E-state index < -0.39 is 40.6 Å². The summed E-state index contributed by atoms with van der Waals surface area (Å²) >= 11 is 2.08. The maximum Gasteiger partial charge on any atom is 0.308 e. The van der Waals surface area contributed by atoms with Crippen molar-refractivity contribution in [3.63, 3.8) is 0 Å². The number of nitrogens with one attached hydrogen (secondary N) is 1. The SMILES string of the molecule is COc1ccccc1C1c2sc(=O)n(CC(=O)Nc3cccc4ccccc34)c2SC2C(=O)N(c3ccc(F)cc3)C(=O)C21. The van der Waals surface area contributed by atoms with Crippen molar-refractivity contribution in [2.24, 2.45) is 5.92 Å². The van der Waals surface area contributed by atoms with Gasteiger partial charge in [0.2, 0.25) is 17.7 Å². The summed E-state index contributed by atoms with van der Waals surface area (Å²) in [5, 5.41) is 4.35. The number of nitrogens with zero attached hydrogens (tertiary/aromatic N) is 2. The van der Waals surface area contributed by atoms with Gasteiger partial charge in [0, 0.05) is 27.4 Å². The predicted molar refractivity (Wildman–Crippen MR) is 168 cm³/mol. The van der Waals surface area contributed by atoms with E-state index in [1.165, 1.54) is 35.9 Å². The molecule has 1 aromatic heterocycles. The number of para-hydroxylation sites is 1. The Kier molecular flexibility index (Phi) is 7.06. The Hall–Kier alpha value is -4.74. The number of halogens is 1. The molecule has 11 heteroatoms. The molecule has 3 heterocycles. The summed E-state index contributed by atoms with van der Waals surface area (Å²) in [7, 11) is 1.52. The molecule has 220 valence electrons. The van der Waals surface area contributed by atoms with Gasteiger partial charge in [-0.15, -0.1) is 0 Å². The van der Waals surface area contributed by atoms with Crippen molar-refractivity contribution < 1.29 is 23.5 Å². The molecular weight excluding hydrogens is 602 g/mol. The Balaban J connectivity index is 1.30. The Bertz CT molecular complexity index is 2020. The zero-order chi connectivity index (χ0) is 30.5. The Labute approximate surface area is 259 Å². The van der Waals surface area contributed by atoms with Crippen LogP contribution in [0.2, 0.25) is 0 Å². The average Bonchev–Trinajstić information content (AvgIpc) is 3.48. The molecule has 1 saturated heterocycles. The topological polar surface area (TPSA) is 97.7 Å². The number of aromatic nitrogens is 1. The molecule has 1 N–H and O–H groups in total. The second-order valence-corrected chi connectivity index (χ2v) is 12.6. The van der Waals surface area contributed by atoms with Gasteiger partial charge in [0.1, 0.15) is 23.4 Å². The molecular formula is C33H24FN3O5S2. The average molecular weight is 626 g/mol. The van der Waals surface area contributed by atoms with Crippen molar-refractivity contribution in [2.45, 2.75) is 22.7 Å². The highest BCUT2D eigenvalue weighted by Gasteiger charge is 2.57. The first-order valence-electron chi connectivity index (χ1n) is 13.8. The number of rotatable bonds is 6. The van der Waals surface area contributed by atoms with Gasteiger partial charge in [-0.25, -0.2) is 9.29 Å². The first-order chi connectivity index (χ1) is 21.4. The maximum atomic E-state index is 14.0. The molecule has 2 aliphatic heterocycles. The van der Waals surface area contributed by atoms with Gasteiger partial charge in [0.25, 0.3) is 0 Å². The third kappa shape index (κ3) is 4.59. The summed E-state index contributed by atoms with van der Waals surface area (Å²) in [6.07, 6.45) is 0. The lowest BCUT2D eigenvalue weighted by atomic mass is 9.82. The molecule has 1 fully saturated rings. The molecule has 8 nitrogen and oxygen atoms in total. The van der Waals surface area contributed by atoms with Gasteiger partial charge in [-0.3, -0.25) is 23.7 Å². The highest BCUT2D eigenvalue weighted by atomic mass is 32.2. The summed E-state index contributed by atoms with van der Waals surface area (Å²) in [5.74, 6) is -2.82. The first-order valence-corrected chi connectivity index (χ1v) is 15.5. The molecule has 5 aromatic rings. The normalized spacial score (nSPS) is 19.1. The van der Waals surface area contributed by atoms with Crippen LogP contribution in [0.4, 0.5) is 15.8 Å². The highest BCUT2D eigenvalue weighted by Crippen LogP contribution is 2.55. The fourth-order valence-electron chi connectivity index (χ4n) is 6.03. The van der Waals surface area contributed by atoms with Crippen molar-refractivity contribution in [1.82, 2.24) is 4.57 Å². The molecule has 3 unspecified atom stereocenters. The zero-order valence-corrected chi connectivity index (χ0v) is 24.9. The number of thiazole rings is 1. The van der Waals surface area contributed by atoms with E-state index in [9.17, 15) is 23.6 Å². The molecule has 4 aromatic carbocycles. The number of fused-ring (bicyclic) bond motifs is 3. The van der Waals surface area contributed by atoms with Crippen molar-refractivity contribution in [1.29, 1.82) is 0 Å². The number of hydrogen-bond donors (Lipinski definition) is 1. The summed E-state index contributed by atoms with van der Waals surface area (Å²) in [6.45, 7) is -0.277. The number of methoxy groups -OCH3 is 1. The van der Waals surface area contributed by atoms with Crippen LogP contribution in [0.3, 0.4) is 0 Å². The zero-order valence-electron chi connectivity index (χ0n) is 23.2. The van der Waals surface area contributed by atoms with Crippen LogP contribution in [0.25, 0.3) is 10.8 Å². The number of anilines is 2. The lowest BCUT2D eigenvalue weighted by Gasteiger charge is -2.31. The van der Waals surface area contributed by atoms with Crippen LogP contribution in [0.5, 0.6) is 5.75 Å². The number of thioether (sulfide) groups is 1. The van der Waals surface area contributed by atoms with Crippen LogP contribution < -0.4 is 19.8 Å². The number of benzene rings is 4. The largest absolute Gasteiger partial charge is 0.496 e. The quantitative estimate of drug-likeness (QED) is 0.245. The second-order valence-electron chi connectivity index (χ2n) is 10.5. The van der Waals surface area contributed by atoms with Crippen molar-refractivity contribution in [3.05, 3.63) is 117 Å². The summed E-state index contributed by atoms with van der Waals surface area (Å²) in [4.78, 5) is 56.1. The fraction of sp³-hybridized carbons (Fsp3) is 0.152. The minimum atomic E-state index is -0.878. The van der Waals surface area contributed by atoms with Gasteiger partial charge in [-0.1, -0.05) is 77.7 Å². The van der Waals surface area contributed by atoms with Gasteiger partial charge in [0.15, 0.2) is 0 Å². The molecule has 3 amide bonds. The summed E-state index contributed by atoms with van der Waals surface area (Å²) in [6, 6.07) is 25.7. The van der Waals surface area contributed by atoms with Gasteiger partial charge in [-0.05, 0) is 41.8 Å². The third-order valence-corrected chi connectivity index (χ3v) is 10.6. The van der Waals surface area contributed by atoms with Crippen LogP contribution in [-0.4, -0.2) is 34.6 Å². The summed E-state index contributed by atoms with van der Waals surface area (Å²) in [5.41, 5.74) is 1.55. The standard InChI is InChI=1S/C33H24FN3O5S2/c1-42-24-12-5-4-10-22(24)26-27-28(31(40)37(30(27)39)20-15-13-19(34)14-16-20)43-32-29(26)44-33(41)36(32)17-25(38)35-23-11-6-8-18-7-2-3-9-21(18)23/h2-16,26-28H,17H2,1H3,(H,35,38). The monoisotopic (exact) mass is 625 g/mol. The fourth-order valence-corrected chi connectivity index (χ4v) is 8.79. The number of imide groups is 1. The number of ether oxygens (including phenoxy) is 1. The Morgan fingerprint density at radius 3 is 2.43 bits per heavy atom. The van der Waals surface area contributed by atoms with Crippen LogP contribution >= 0.6 is 23.1 Å². The molecule has 0 spiro atoms. The van der Waals surface area contributed by atoms with Crippen molar-refractivity contribution in [3.8, 4) is 5.75 Å².